The van der Waals surface area contributed by atoms with Gasteiger partial charge in [-0.15, -0.1) is 0 Å². The number of aromatic nitrogens is 2. The number of carbonyl (C=O) groups excluding carboxylic acids is 1. The van der Waals surface area contributed by atoms with Gasteiger partial charge in [0.25, 0.3) is 0 Å². The zero-order valence-corrected chi connectivity index (χ0v) is 14.2. The molecule has 2 aromatic rings. The Balaban J connectivity index is 1.61. The zero-order chi connectivity index (χ0) is 17.8. The fraction of sp³-hybridized carbons (Fsp3) is 0.267. The van der Waals surface area contributed by atoms with Crippen LogP contribution in [-0.4, -0.2) is 36.9 Å². The number of likely N-dealkylation sites (N-methyl/N-ethyl adjacent to an activating group) is 1. The third kappa shape index (κ3) is 2.59. The number of amides is 1. The summed E-state index contributed by atoms with van der Waals surface area (Å²) >= 11 is 0. The maximum absolute atomic E-state index is 12.2. The van der Waals surface area contributed by atoms with Crippen molar-refractivity contribution in [3.05, 3.63) is 30.5 Å². The summed E-state index contributed by atoms with van der Waals surface area (Å²) in [6.45, 7) is 0. The molecule has 4 N–H and O–H groups in total. The van der Waals surface area contributed by atoms with E-state index in [0.29, 0.717) is 23.1 Å². The number of benzene rings is 1. The van der Waals surface area contributed by atoms with Crippen molar-refractivity contribution in [1.82, 2.24) is 9.97 Å². The lowest BCUT2D eigenvalue weighted by molar-refractivity contribution is -0.118. The van der Waals surface area contributed by atoms with Gasteiger partial charge in [-0.3, -0.25) is 4.79 Å². The molecule has 9 nitrogen and oxygen atoms in total. The van der Waals surface area contributed by atoms with E-state index in [2.05, 4.69) is 20.6 Å². The van der Waals surface area contributed by atoms with Crippen LogP contribution in [0.2, 0.25) is 0 Å². The largest absolute Gasteiger partial charge is 0.343 e. The lowest BCUT2D eigenvalue weighted by atomic mass is 10.1. The Morgan fingerprint density at radius 1 is 1.28 bits per heavy atom. The minimum Gasteiger partial charge on any atom is -0.343 e. The first-order valence-corrected chi connectivity index (χ1v) is 9.16. The van der Waals surface area contributed by atoms with Crippen LogP contribution in [-0.2, 0) is 14.8 Å². The third-order valence-electron chi connectivity index (χ3n) is 4.56. The molecule has 1 fully saturated rings. The molecule has 1 aromatic carbocycles. The van der Waals surface area contributed by atoms with Crippen molar-refractivity contribution in [2.24, 2.45) is 5.14 Å². The Kier molecular flexibility index (Phi) is 3.24. The Hall–Kier alpha value is -2.72. The van der Waals surface area contributed by atoms with Crippen molar-refractivity contribution in [2.45, 2.75) is 23.3 Å². The van der Waals surface area contributed by atoms with Crippen LogP contribution < -0.4 is 20.7 Å². The van der Waals surface area contributed by atoms with Gasteiger partial charge in [-0.25, -0.2) is 18.5 Å². The molecule has 1 aliphatic heterocycles. The Labute approximate surface area is 144 Å². The van der Waals surface area contributed by atoms with Crippen LogP contribution in [0.15, 0.2) is 35.4 Å². The van der Waals surface area contributed by atoms with Crippen LogP contribution in [0.5, 0.6) is 0 Å². The first-order valence-electron chi connectivity index (χ1n) is 7.62. The molecule has 1 aromatic heterocycles. The van der Waals surface area contributed by atoms with Crippen molar-refractivity contribution in [2.75, 3.05) is 22.6 Å². The number of anilines is 4. The minimum absolute atomic E-state index is 0.0228. The summed E-state index contributed by atoms with van der Waals surface area (Å²) in [5.74, 6) is 0.974. The normalized spacial score (nSPS) is 17.8. The van der Waals surface area contributed by atoms with Crippen LogP contribution in [0.1, 0.15) is 12.8 Å². The predicted molar refractivity (Wildman–Crippen MR) is 92.1 cm³/mol. The smallest absolute Gasteiger partial charge is 0.250 e. The highest BCUT2D eigenvalue weighted by Crippen LogP contribution is 2.48. The molecular formula is C15H16N6O3S. The molecule has 0 bridgehead atoms. The second kappa shape index (κ2) is 5.14. The van der Waals surface area contributed by atoms with Gasteiger partial charge in [-0.05, 0) is 37.1 Å². The first kappa shape index (κ1) is 15.8. The number of rotatable bonds is 3. The highest BCUT2D eigenvalue weighted by atomic mass is 32.2. The average molecular weight is 360 g/mol. The van der Waals surface area contributed by atoms with Crippen LogP contribution in [0.25, 0.3) is 0 Å². The molecule has 1 aliphatic carbocycles. The first-order chi connectivity index (χ1) is 11.8. The molecule has 0 radical (unpaired) electrons. The van der Waals surface area contributed by atoms with Gasteiger partial charge in [0, 0.05) is 12.7 Å². The molecule has 1 spiro atoms. The molecule has 1 saturated carbocycles. The van der Waals surface area contributed by atoms with E-state index < -0.39 is 15.6 Å². The predicted octanol–water partition coefficient (Wildman–Crippen LogP) is 0.788. The number of hydrogen-bond acceptors (Lipinski definition) is 7. The monoisotopic (exact) mass is 360 g/mol. The number of nitrogens with one attached hydrogen (secondary N) is 2. The van der Waals surface area contributed by atoms with E-state index in [-0.39, 0.29) is 10.8 Å². The molecule has 0 atom stereocenters. The molecule has 0 saturated heterocycles. The second-order valence-corrected chi connectivity index (χ2v) is 7.73. The summed E-state index contributed by atoms with van der Waals surface area (Å²) in [7, 11) is -1.88. The van der Waals surface area contributed by atoms with Crippen molar-refractivity contribution in [1.29, 1.82) is 0 Å². The summed E-state index contributed by atoms with van der Waals surface area (Å²) in [6, 6.07) is 5.97. The Bertz CT molecular complexity index is 969. The van der Waals surface area contributed by atoms with Gasteiger partial charge >= 0.3 is 0 Å². The Morgan fingerprint density at radius 2 is 1.96 bits per heavy atom. The van der Waals surface area contributed by atoms with E-state index in [4.69, 9.17) is 5.14 Å². The second-order valence-electron chi connectivity index (χ2n) is 6.17. The summed E-state index contributed by atoms with van der Waals surface area (Å²) in [6.07, 6.45) is 3.15. The summed E-state index contributed by atoms with van der Waals surface area (Å²) < 4.78 is 22.6. The van der Waals surface area contributed by atoms with Gasteiger partial charge in [0.05, 0.1) is 11.1 Å². The van der Waals surface area contributed by atoms with Crippen molar-refractivity contribution < 1.29 is 13.2 Å². The summed E-state index contributed by atoms with van der Waals surface area (Å²) in [5.41, 5.74) is 0.701. The fourth-order valence-corrected chi connectivity index (χ4v) is 3.42. The van der Waals surface area contributed by atoms with Crippen molar-refractivity contribution >= 4 is 39.1 Å². The third-order valence-corrected chi connectivity index (χ3v) is 5.49. The van der Waals surface area contributed by atoms with Gasteiger partial charge < -0.3 is 15.5 Å². The van der Waals surface area contributed by atoms with Gasteiger partial charge in [-0.2, -0.15) is 4.98 Å². The van der Waals surface area contributed by atoms with Crippen LogP contribution in [0.4, 0.5) is 23.1 Å². The average Bonchev–Trinajstić information content (AvgIpc) is 3.36. The SMILES string of the molecule is CN1c2nc(Nc3ccc(S(N)(=O)=O)cc3)ncc2NC(=O)C12CC2. The highest BCUT2D eigenvalue weighted by molar-refractivity contribution is 7.89. The standard InChI is InChI=1S/C15H16N6O3S/c1-21-12-11(19-13(22)15(21)6-7-15)8-17-14(20-12)18-9-2-4-10(5-3-9)25(16,23)24/h2-5,8H,6-7H2,1H3,(H,19,22)(H2,16,23,24)(H,17,18,20). The van der Waals surface area contributed by atoms with E-state index in [1.165, 1.54) is 12.1 Å². The molecule has 10 heteroatoms. The van der Waals surface area contributed by atoms with Gasteiger partial charge in [0.2, 0.25) is 21.9 Å². The van der Waals surface area contributed by atoms with Gasteiger partial charge in [0.1, 0.15) is 11.2 Å². The maximum Gasteiger partial charge on any atom is 0.250 e. The summed E-state index contributed by atoms with van der Waals surface area (Å²) in [4.78, 5) is 22.7. The summed E-state index contributed by atoms with van der Waals surface area (Å²) in [5, 5.41) is 10.9. The minimum atomic E-state index is -3.73. The van der Waals surface area contributed by atoms with E-state index in [1.54, 1.807) is 18.3 Å². The lowest BCUT2D eigenvalue weighted by Gasteiger charge is -2.34. The molecule has 2 heterocycles. The topological polar surface area (TPSA) is 130 Å². The van der Waals surface area contributed by atoms with Crippen LogP contribution >= 0.6 is 0 Å². The van der Waals surface area contributed by atoms with E-state index >= 15 is 0 Å². The van der Waals surface area contributed by atoms with Crippen molar-refractivity contribution in [3.63, 3.8) is 0 Å². The quantitative estimate of drug-likeness (QED) is 0.737. The highest BCUT2D eigenvalue weighted by Gasteiger charge is 2.56. The van der Waals surface area contributed by atoms with Crippen LogP contribution in [0, 0.1) is 0 Å². The van der Waals surface area contributed by atoms with Crippen molar-refractivity contribution in [3.8, 4) is 0 Å². The molecule has 130 valence electrons. The molecule has 4 rings (SSSR count). The number of carbonyl (C=O) groups is 1. The van der Waals surface area contributed by atoms with Gasteiger partial charge in [-0.1, -0.05) is 0 Å². The fourth-order valence-electron chi connectivity index (χ4n) is 2.91. The lowest BCUT2D eigenvalue weighted by Crippen LogP contribution is -2.48. The molecule has 0 unspecified atom stereocenters. The number of nitrogens with zero attached hydrogens (tertiary/aromatic N) is 3. The van der Waals surface area contributed by atoms with E-state index in [1.807, 2.05) is 11.9 Å². The number of hydrogen-bond donors (Lipinski definition) is 3. The number of nitrogens with two attached hydrogens (primary N) is 1. The molecule has 1 amide bonds. The number of primary sulfonamides is 1. The van der Waals surface area contributed by atoms with E-state index in [9.17, 15) is 13.2 Å². The number of fused-ring (bicyclic) bond motifs is 1. The Morgan fingerprint density at radius 3 is 2.56 bits per heavy atom. The van der Waals surface area contributed by atoms with E-state index in [0.717, 1.165) is 12.8 Å². The molecule has 2 aliphatic rings. The molecular weight excluding hydrogens is 344 g/mol. The number of sulfonamides is 1. The molecule has 25 heavy (non-hydrogen) atoms. The van der Waals surface area contributed by atoms with Gasteiger partial charge in [0.15, 0.2) is 5.82 Å². The zero-order valence-electron chi connectivity index (χ0n) is 13.4. The van der Waals surface area contributed by atoms with Crippen LogP contribution in [0.3, 0.4) is 0 Å². The maximum atomic E-state index is 12.2.